The number of rotatable bonds is 13. The Morgan fingerprint density at radius 3 is 2.02 bits per heavy atom. The second-order valence-corrected chi connectivity index (χ2v) is 14.0. The lowest BCUT2D eigenvalue weighted by Crippen LogP contribution is -2.42. The number of hydrogen-bond acceptors (Lipinski definition) is 8. The van der Waals surface area contributed by atoms with Crippen molar-refractivity contribution in [3.8, 4) is 11.3 Å². The summed E-state index contributed by atoms with van der Waals surface area (Å²) < 4.78 is 86.8. The number of carbonyl (C=O) groups excluding carboxylic acids is 2. The van der Waals surface area contributed by atoms with Crippen molar-refractivity contribution < 1.29 is 64.2 Å². The van der Waals surface area contributed by atoms with Crippen molar-refractivity contribution in [3.63, 3.8) is 0 Å². The number of carboxylic acid groups (broad SMARTS) is 2. The summed E-state index contributed by atoms with van der Waals surface area (Å²) in [6, 6.07) is 14.2. The highest BCUT2D eigenvalue weighted by Crippen LogP contribution is 2.26. The van der Waals surface area contributed by atoms with E-state index >= 15 is 0 Å². The first-order valence-electron chi connectivity index (χ1n) is 16.1. The molecule has 0 unspecified atom stereocenters. The number of aromatic amines is 1. The van der Waals surface area contributed by atoms with Crippen LogP contribution in [0.3, 0.4) is 0 Å². The van der Waals surface area contributed by atoms with Crippen LogP contribution in [-0.2, 0) is 29.0 Å². The molecule has 19 heteroatoms. The molecule has 3 aromatic rings. The number of Topliss-reactive ketones (excluding diaryl/α,β-unsaturated/α-hetero) is 1. The number of sulfone groups is 1. The van der Waals surface area contributed by atoms with E-state index in [0.29, 0.717) is 38.9 Å². The van der Waals surface area contributed by atoms with E-state index in [-0.39, 0.29) is 29.2 Å². The number of halogens is 6. The number of hydrogen-bond donors (Lipinski definition) is 4. The maximum absolute atomic E-state index is 12.9. The van der Waals surface area contributed by atoms with Gasteiger partial charge in [0, 0.05) is 44.5 Å². The number of ketones is 1. The third-order valence-corrected chi connectivity index (χ3v) is 9.35. The maximum atomic E-state index is 12.9. The van der Waals surface area contributed by atoms with Gasteiger partial charge in [-0.25, -0.2) is 23.0 Å². The minimum absolute atomic E-state index is 0.0757. The molecule has 1 aromatic heterocycles. The van der Waals surface area contributed by atoms with Gasteiger partial charge in [-0.05, 0) is 29.7 Å². The average Bonchev–Trinajstić information content (AvgIpc) is 3.57. The smallest absolute Gasteiger partial charge is 0.475 e. The van der Waals surface area contributed by atoms with Crippen LogP contribution in [0, 0.1) is 0 Å². The molecule has 12 nitrogen and oxygen atoms in total. The van der Waals surface area contributed by atoms with E-state index in [4.69, 9.17) is 19.8 Å². The van der Waals surface area contributed by atoms with Gasteiger partial charge in [-0.2, -0.15) is 26.3 Å². The first kappa shape index (κ1) is 43.6. The molecule has 1 fully saturated rings. The van der Waals surface area contributed by atoms with Crippen LogP contribution in [0.4, 0.5) is 26.3 Å². The quantitative estimate of drug-likeness (QED) is 0.124. The molecule has 0 saturated carbocycles. The van der Waals surface area contributed by atoms with Gasteiger partial charge in [0.05, 0.1) is 29.4 Å². The van der Waals surface area contributed by atoms with Crippen molar-refractivity contribution in [2.75, 3.05) is 31.1 Å². The fraction of sp³-hybridized carbons (Fsp3) is 0.485. The van der Waals surface area contributed by atoms with Crippen LogP contribution in [-0.4, -0.2) is 101 Å². The largest absolute Gasteiger partial charge is 0.490 e. The summed E-state index contributed by atoms with van der Waals surface area (Å²) in [7, 11) is -2.94. The van der Waals surface area contributed by atoms with Crippen molar-refractivity contribution >= 4 is 44.2 Å². The van der Waals surface area contributed by atoms with E-state index < -0.39 is 34.1 Å². The molecule has 288 valence electrons. The minimum atomic E-state index is -5.08. The maximum Gasteiger partial charge on any atom is 0.490 e. The molecule has 0 aliphatic carbocycles. The molecule has 2 aromatic carbocycles. The van der Waals surface area contributed by atoms with Crippen LogP contribution in [0.15, 0.2) is 48.7 Å². The number of carbonyl (C=O) groups is 4. The van der Waals surface area contributed by atoms with Crippen LogP contribution < -0.4 is 5.32 Å². The van der Waals surface area contributed by atoms with Crippen molar-refractivity contribution in [2.45, 2.75) is 70.3 Å². The summed E-state index contributed by atoms with van der Waals surface area (Å²) in [5.74, 6) is -4.28. The molecule has 2 heterocycles. The lowest BCUT2D eigenvalue weighted by molar-refractivity contribution is -0.193. The van der Waals surface area contributed by atoms with Gasteiger partial charge in [-0.1, -0.05) is 56.2 Å². The number of H-pyrrole nitrogens is 1. The zero-order valence-electron chi connectivity index (χ0n) is 28.1. The Balaban J connectivity index is 0.000000564. The van der Waals surface area contributed by atoms with Crippen LogP contribution in [0.5, 0.6) is 0 Å². The Morgan fingerprint density at radius 1 is 0.885 bits per heavy atom. The normalized spacial score (nSPS) is 15.0. The molecule has 1 aliphatic heterocycles. The lowest BCUT2D eigenvalue weighted by atomic mass is 10.0. The number of nitrogens with one attached hydrogen (secondary N) is 2. The molecule has 4 N–H and O–H groups in total. The Hall–Kier alpha value is -4.52. The fourth-order valence-electron chi connectivity index (χ4n) is 4.82. The van der Waals surface area contributed by atoms with E-state index in [1.807, 2.05) is 30.2 Å². The van der Waals surface area contributed by atoms with E-state index in [9.17, 15) is 44.3 Å². The monoisotopic (exact) mass is 766 g/mol. The number of aliphatic carboxylic acids is 2. The SMILES string of the molecule is CCC(=O)CCCCC[C@H](NC(=O)CCN1CCS(=O)(=O)CC1)c1ncc(-c2ccc3ccccc3c2)[nH]1.O=C(O)C(F)(F)F.O=C(O)C(F)(F)F. The second kappa shape index (κ2) is 19.9. The third kappa shape index (κ3) is 15.8. The first-order valence-corrected chi connectivity index (χ1v) is 17.9. The number of benzene rings is 2. The van der Waals surface area contributed by atoms with Gasteiger partial charge in [-0.3, -0.25) is 9.59 Å². The number of unbranched alkanes of at least 4 members (excludes halogenated alkanes) is 2. The molecule has 1 saturated heterocycles. The number of amides is 1. The Kier molecular flexibility index (Phi) is 16.7. The zero-order valence-corrected chi connectivity index (χ0v) is 28.9. The van der Waals surface area contributed by atoms with E-state index in [1.54, 1.807) is 0 Å². The molecular weight excluding hydrogens is 726 g/mol. The van der Waals surface area contributed by atoms with E-state index in [0.717, 1.165) is 48.2 Å². The van der Waals surface area contributed by atoms with E-state index in [2.05, 4.69) is 45.6 Å². The van der Waals surface area contributed by atoms with Crippen LogP contribution in [0.2, 0.25) is 0 Å². The van der Waals surface area contributed by atoms with Gasteiger partial charge in [0.2, 0.25) is 5.91 Å². The van der Waals surface area contributed by atoms with Crippen molar-refractivity contribution in [1.82, 2.24) is 20.2 Å². The highest BCUT2D eigenvalue weighted by molar-refractivity contribution is 7.91. The molecular formula is C33H40F6N4O8S. The molecule has 0 bridgehead atoms. The van der Waals surface area contributed by atoms with Crippen molar-refractivity contribution in [3.05, 3.63) is 54.5 Å². The second-order valence-electron chi connectivity index (χ2n) is 11.7. The summed E-state index contributed by atoms with van der Waals surface area (Å²) in [6.45, 7) is 3.38. The van der Waals surface area contributed by atoms with Gasteiger partial charge >= 0.3 is 24.3 Å². The summed E-state index contributed by atoms with van der Waals surface area (Å²) in [5, 5.41) is 19.7. The molecule has 1 aliphatic rings. The van der Waals surface area contributed by atoms with Gasteiger partial charge < -0.3 is 25.4 Å². The van der Waals surface area contributed by atoms with Crippen molar-refractivity contribution in [2.24, 2.45) is 0 Å². The number of carboxylic acids is 2. The minimum Gasteiger partial charge on any atom is -0.475 e. The number of alkyl halides is 6. The Bertz CT molecular complexity index is 1720. The Morgan fingerprint density at radius 2 is 1.46 bits per heavy atom. The molecule has 0 spiro atoms. The molecule has 1 atom stereocenters. The fourth-order valence-corrected chi connectivity index (χ4v) is 6.10. The zero-order chi connectivity index (χ0) is 39.1. The van der Waals surface area contributed by atoms with Crippen LogP contribution in [0.1, 0.15) is 63.7 Å². The summed E-state index contributed by atoms with van der Waals surface area (Å²) in [6.07, 6.45) is -3.51. The van der Waals surface area contributed by atoms with Gasteiger partial charge in [0.15, 0.2) is 9.84 Å². The first-order chi connectivity index (χ1) is 24.2. The standard InChI is InChI=1S/C29H38N4O4S.2C2HF3O2/c1-2-25(34)10-4-3-5-11-26(31-28(35)14-15-33-16-18-38(36,37)19-17-33)29-30-21-27(32-29)24-13-12-22-8-6-7-9-23(22)20-24;2*3-2(4,5)1(6)7/h6-9,12-13,20-21,26H,2-5,10-11,14-19H2,1H3,(H,30,32)(H,31,35);2*(H,6,7)/t26-;;/m0../s1. The predicted molar refractivity (Wildman–Crippen MR) is 178 cm³/mol. The molecule has 0 radical (unpaired) electrons. The van der Waals surface area contributed by atoms with Gasteiger partial charge in [0.1, 0.15) is 11.6 Å². The molecule has 52 heavy (non-hydrogen) atoms. The molecule has 1 amide bonds. The lowest BCUT2D eigenvalue weighted by Gasteiger charge is -2.26. The van der Waals surface area contributed by atoms with Crippen molar-refractivity contribution in [1.29, 1.82) is 0 Å². The third-order valence-electron chi connectivity index (χ3n) is 7.74. The van der Waals surface area contributed by atoms with Gasteiger partial charge in [-0.15, -0.1) is 0 Å². The predicted octanol–water partition coefficient (Wildman–Crippen LogP) is 5.70. The topological polar surface area (TPSA) is 187 Å². The van der Waals surface area contributed by atoms with Crippen LogP contribution >= 0.6 is 0 Å². The number of aromatic nitrogens is 2. The molecule has 4 rings (SSSR count). The highest BCUT2D eigenvalue weighted by Gasteiger charge is 2.39. The highest BCUT2D eigenvalue weighted by atomic mass is 32.2. The van der Waals surface area contributed by atoms with Gasteiger partial charge in [0.25, 0.3) is 0 Å². The van der Waals surface area contributed by atoms with E-state index in [1.165, 1.54) is 5.39 Å². The Labute approximate surface area is 295 Å². The summed E-state index contributed by atoms with van der Waals surface area (Å²) >= 11 is 0. The number of imidazole rings is 1. The number of fused-ring (bicyclic) bond motifs is 1. The average molecular weight is 767 g/mol. The summed E-state index contributed by atoms with van der Waals surface area (Å²) in [5.41, 5.74) is 1.93. The number of nitrogens with zero attached hydrogens (tertiary/aromatic N) is 2. The van der Waals surface area contributed by atoms with Crippen LogP contribution in [0.25, 0.3) is 22.0 Å². The summed E-state index contributed by atoms with van der Waals surface area (Å²) in [4.78, 5) is 52.4.